The molecule has 0 saturated heterocycles. The Morgan fingerprint density at radius 1 is 0.667 bits per heavy atom. The number of allylic oxidation sites excluding steroid dienone is 9. The number of rotatable bonds is 0. The zero-order chi connectivity index (χ0) is 28.8. The van der Waals surface area contributed by atoms with E-state index < -0.39 is 0 Å². The first-order valence-electron chi connectivity index (χ1n) is 18.3. The van der Waals surface area contributed by atoms with Gasteiger partial charge in [0, 0.05) is 17.8 Å². The highest BCUT2D eigenvalue weighted by Gasteiger charge is 2.54. The summed E-state index contributed by atoms with van der Waals surface area (Å²) >= 11 is 0. The van der Waals surface area contributed by atoms with Gasteiger partial charge in [0.15, 0.2) is 0 Å². The van der Waals surface area contributed by atoms with Crippen molar-refractivity contribution in [2.75, 3.05) is 0 Å². The Morgan fingerprint density at radius 2 is 1.58 bits per heavy atom. The van der Waals surface area contributed by atoms with Gasteiger partial charge in [0.05, 0.1) is 12.2 Å². The van der Waals surface area contributed by atoms with E-state index in [-0.39, 0.29) is 12.2 Å². The van der Waals surface area contributed by atoms with E-state index in [9.17, 15) is 10.2 Å². The van der Waals surface area contributed by atoms with Crippen molar-refractivity contribution in [3.05, 3.63) is 85.0 Å². The maximum absolute atomic E-state index is 11.4. The summed E-state index contributed by atoms with van der Waals surface area (Å²) in [5.74, 6) is 2.96. The van der Waals surface area contributed by atoms with Crippen molar-refractivity contribution in [2.45, 2.75) is 94.7 Å². The summed E-state index contributed by atoms with van der Waals surface area (Å²) in [6.07, 6.45) is 19.2. The van der Waals surface area contributed by atoms with Crippen molar-refractivity contribution in [1.29, 1.82) is 0 Å². The topological polar surface area (TPSA) is 40.5 Å². The molecule has 0 radical (unpaired) electrons. The monoisotopic (exact) mass is 584 g/mol. The zero-order valence-corrected chi connectivity index (χ0v) is 25.6. The molecular weight excluding hydrogens is 548 g/mol. The van der Waals surface area contributed by atoms with E-state index in [0.29, 0.717) is 35.5 Å². The van der Waals surface area contributed by atoms with Gasteiger partial charge >= 0.3 is 0 Å². The van der Waals surface area contributed by atoms with E-state index in [4.69, 9.17) is 0 Å². The molecule has 45 heavy (non-hydrogen) atoms. The summed E-state index contributed by atoms with van der Waals surface area (Å²) in [6.45, 7) is 0. The maximum Gasteiger partial charge on any atom is 0.0552 e. The van der Waals surface area contributed by atoms with Gasteiger partial charge in [0.2, 0.25) is 0 Å². The third kappa shape index (κ3) is 2.26. The third-order valence-electron chi connectivity index (χ3n) is 15.3. The Bertz CT molecular complexity index is 2320. The van der Waals surface area contributed by atoms with Gasteiger partial charge < -0.3 is 10.2 Å². The second-order valence-electron chi connectivity index (χ2n) is 16.9. The first-order chi connectivity index (χ1) is 22.1. The molecule has 220 valence electrons. The number of hydrogen-bond acceptors (Lipinski definition) is 2. The van der Waals surface area contributed by atoms with Crippen molar-refractivity contribution in [3.8, 4) is 0 Å². The molecule has 2 fully saturated rings. The predicted molar refractivity (Wildman–Crippen MR) is 180 cm³/mol. The molecule has 11 aliphatic carbocycles. The quantitative estimate of drug-likeness (QED) is 0.259. The van der Waals surface area contributed by atoms with E-state index in [1.54, 1.807) is 105 Å². The summed E-state index contributed by atoms with van der Waals surface area (Å²) in [5.41, 5.74) is 26.6. The lowest BCUT2D eigenvalue weighted by Crippen LogP contribution is -2.27. The first-order valence-corrected chi connectivity index (χ1v) is 18.3. The lowest BCUT2D eigenvalue weighted by molar-refractivity contribution is 0.128. The molecule has 11 aliphatic rings. The normalized spacial score (nSPS) is 37.2. The molecule has 8 unspecified atom stereocenters. The highest BCUT2D eigenvalue weighted by atomic mass is 16.3. The Labute approximate surface area is 262 Å². The van der Waals surface area contributed by atoms with Crippen LogP contribution in [0.1, 0.15) is 126 Å². The van der Waals surface area contributed by atoms with Crippen LogP contribution in [0.15, 0.2) is 34.9 Å². The molecular formula is C43H36O2. The summed E-state index contributed by atoms with van der Waals surface area (Å²) in [7, 11) is 0. The van der Waals surface area contributed by atoms with Crippen LogP contribution in [0.3, 0.4) is 0 Å². The molecule has 3 aromatic carbocycles. The molecule has 2 N–H and O–H groups in total. The second kappa shape index (κ2) is 7.04. The maximum atomic E-state index is 11.4. The van der Waals surface area contributed by atoms with Gasteiger partial charge in [-0.15, -0.1) is 0 Å². The van der Waals surface area contributed by atoms with Gasteiger partial charge in [-0.05, 0) is 182 Å². The van der Waals surface area contributed by atoms with Crippen LogP contribution in [-0.4, -0.2) is 22.4 Å². The lowest BCUT2D eigenvalue weighted by atomic mass is 9.65. The second-order valence-corrected chi connectivity index (χ2v) is 16.9. The Hall–Kier alpha value is -3.20. The van der Waals surface area contributed by atoms with E-state index in [0.717, 1.165) is 51.4 Å². The number of aliphatic hydroxyl groups excluding tert-OH is 2. The van der Waals surface area contributed by atoms with E-state index >= 15 is 0 Å². The van der Waals surface area contributed by atoms with Gasteiger partial charge in [-0.1, -0.05) is 41.0 Å². The minimum absolute atomic E-state index is 0.178. The van der Waals surface area contributed by atoms with Crippen LogP contribution < -0.4 is 0 Å². The smallest absolute Gasteiger partial charge is 0.0552 e. The first kappa shape index (κ1) is 23.2. The van der Waals surface area contributed by atoms with Crippen molar-refractivity contribution < 1.29 is 10.2 Å². The molecule has 0 amide bonds. The summed E-state index contributed by atoms with van der Waals surface area (Å²) in [6, 6.07) is 2.61. The average molecular weight is 585 g/mol. The summed E-state index contributed by atoms with van der Waals surface area (Å²) < 4.78 is 0. The molecule has 14 rings (SSSR count). The third-order valence-corrected chi connectivity index (χ3v) is 15.3. The molecule has 8 atom stereocenters. The standard InChI is InChI=1S/C43H36O2/c44-23-6-5-20-13-28-26-15-24(45)7-8-25(26)27-14-22-11-19-4-2-16-9-17-1-3-18-10-21(12-23)29(20)37-36(28)41-35(27)34(22)39-32(19)30(16)38-31(17)33(18)40(37)43(41)42(38)39/h2,4,9,11,16,18,20-21,23-24,26,30,44-45H,1,3,5-8,10,12-15H2. The molecule has 0 aliphatic heterocycles. The number of benzene rings is 3. The minimum atomic E-state index is -0.200. The van der Waals surface area contributed by atoms with Crippen LogP contribution in [-0.2, 0) is 6.42 Å². The van der Waals surface area contributed by atoms with Crippen LogP contribution >= 0.6 is 0 Å². The Balaban J connectivity index is 1.28. The van der Waals surface area contributed by atoms with Gasteiger partial charge in [-0.3, -0.25) is 0 Å². The lowest BCUT2D eigenvalue weighted by Gasteiger charge is -2.39. The highest BCUT2D eigenvalue weighted by Crippen LogP contribution is 2.72. The molecule has 0 aromatic heterocycles. The summed E-state index contributed by atoms with van der Waals surface area (Å²) in [4.78, 5) is 0. The highest BCUT2D eigenvalue weighted by molar-refractivity contribution is 6.36. The van der Waals surface area contributed by atoms with Crippen LogP contribution in [0, 0.1) is 23.7 Å². The minimum Gasteiger partial charge on any atom is -0.393 e. The molecule has 3 aromatic rings. The summed E-state index contributed by atoms with van der Waals surface area (Å²) in [5, 5.41) is 29.2. The van der Waals surface area contributed by atoms with Crippen LogP contribution in [0.4, 0.5) is 0 Å². The fourth-order valence-corrected chi connectivity index (χ4v) is 14.1. The van der Waals surface area contributed by atoms with Crippen LogP contribution in [0.5, 0.6) is 0 Å². The SMILES string of the molecule is OC1CCC2CC3=C4C5=C2C(C1)CC1CCC2=CC6C=Cc7cc8c9c(c4c4c5c1c2c1c4c9c7C16)C(=C1CCC(O)CC13)C8. The van der Waals surface area contributed by atoms with Gasteiger partial charge in [0.1, 0.15) is 0 Å². The molecule has 2 saturated carbocycles. The predicted octanol–water partition coefficient (Wildman–Crippen LogP) is 8.95. The van der Waals surface area contributed by atoms with Gasteiger partial charge in [-0.25, -0.2) is 0 Å². The molecule has 0 bridgehead atoms. The van der Waals surface area contributed by atoms with Crippen molar-refractivity contribution in [3.63, 3.8) is 0 Å². The number of hydrogen-bond donors (Lipinski definition) is 2. The average Bonchev–Trinajstić information content (AvgIpc) is 3.61. The van der Waals surface area contributed by atoms with Crippen molar-refractivity contribution in [2.24, 2.45) is 23.7 Å². The number of fused-ring (bicyclic) bond motifs is 2. The van der Waals surface area contributed by atoms with Crippen molar-refractivity contribution in [1.82, 2.24) is 0 Å². The fraction of sp³-hybridized carbons (Fsp3) is 0.442. The van der Waals surface area contributed by atoms with Gasteiger partial charge in [-0.2, -0.15) is 0 Å². The Kier molecular flexibility index (Phi) is 3.63. The zero-order valence-electron chi connectivity index (χ0n) is 25.6. The van der Waals surface area contributed by atoms with E-state index in [1.165, 1.54) is 24.8 Å². The number of aliphatic hydroxyl groups is 2. The molecule has 0 spiro atoms. The largest absolute Gasteiger partial charge is 0.393 e. The van der Waals surface area contributed by atoms with Crippen LogP contribution in [0.25, 0.3) is 49.9 Å². The molecule has 2 nitrogen and oxygen atoms in total. The van der Waals surface area contributed by atoms with Gasteiger partial charge in [0.25, 0.3) is 0 Å². The molecule has 2 heteroatoms. The van der Waals surface area contributed by atoms with Crippen LogP contribution in [0.2, 0.25) is 0 Å². The molecule has 0 heterocycles. The van der Waals surface area contributed by atoms with Crippen molar-refractivity contribution >= 4 is 49.9 Å². The Morgan fingerprint density at radius 3 is 2.53 bits per heavy atom. The van der Waals surface area contributed by atoms with E-state index in [1.807, 2.05) is 0 Å². The fourth-order valence-electron chi connectivity index (χ4n) is 14.1. The van der Waals surface area contributed by atoms with E-state index in [2.05, 4.69) is 24.3 Å².